The SMILES string of the molecule is CC(C)C(C)(CN)NC(=O)CCn1ccnc1.Cl.Cl. The molecule has 0 aliphatic carbocycles. The van der Waals surface area contributed by atoms with Gasteiger partial charge in [-0.05, 0) is 12.8 Å². The second-order valence-corrected chi connectivity index (χ2v) is 4.87. The van der Waals surface area contributed by atoms with Gasteiger partial charge in [0, 0.05) is 31.9 Å². The molecular weight excluding hydrogens is 287 g/mol. The third-order valence-corrected chi connectivity index (χ3v) is 3.28. The Bertz CT molecular complexity index is 357. The van der Waals surface area contributed by atoms with E-state index in [2.05, 4.69) is 24.1 Å². The molecule has 0 saturated heterocycles. The number of carbonyl (C=O) groups excluding carboxylic acids is 1. The number of nitrogens with one attached hydrogen (secondary N) is 1. The zero-order valence-electron chi connectivity index (χ0n) is 11.6. The second-order valence-electron chi connectivity index (χ2n) is 4.87. The van der Waals surface area contributed by atoms with Crippen LogP contribution >= 0.6 is 24.8 Å². The number of hydrogen-bond acceptors (Lipinski definition) is 3. The summed E-state index contributed by atoms with van der Waals surface area (Å²) in [5.41, 5.74) is 5.39. The summed E-state index contributed by atoms with van der Waals surface area (Å²) in [5.74, 6) is 0.338. The first-order chi connectivity index (χ1) is 7.98. The zero-order chi connectivity index (χ0) is 12.9. The van der Waals surface area contributed by atoms with Crippen molar-refractivity contribution in [3.63, 3.8) is 0 Å². The summed E-state index contributed by atoms with van der Waals surface area (Å²) in [7, 11) is 0. The van der Waals surface area contributed by atoms with Gasteiger partial charge in [0.1, 0.15) is 0 Å². The van der Waals surface area contributed by atoms with Gasteiger partial charge in [-0.3, -0.25) is 4.79 Å². The number of halogens is 2. The fourth-order valence-electron chi connectivity index (χ4n) is 1.46. The molecule has 3 N–H and O–H groups in total. The molecule has 1 aromatic heterocycles. The molecule has 1 atom stereocenters. The Labute approximate surface area is 127 Å². The van der Waals surface area contributed by atoms with E-state index in [1.54, 1.807) is 12.5 Å². The highest BCUT2D eigenvalue weighted by Gasteiger charge is 2.28. The number of imidazole rings is 1. The quantitative estimate of drug-likeness (QED) is 0.838. The van der Waals surface area contributed by atoms with Crippen LogP contribution in [0.1, 0.15) is 27.2 Å². The lowest BCUT2D eigenvalue weighted by atomic mass is 9.88. The largest absolute Gasteiger partial charge is 0.349 e. The van der Waals surface area contributed by atoms with Crippen LogP contribution in [-0.4, -0.2) is 27.5 Å². The molecule has 1 aromatic rings. The van der Waals surface area contributed by atoms with Crippen molar-refractivity contribution in [2.75, 3.05) is 6.54 Å². The lowest BCUT2D eigenvalue weighted by Crippen LogP contribution is -2.55. The van der Waals surface area contributed by atoms with Crippen molar-refractivity contribution in [2.45, 2.75) is 39.3 Å². The van der Waals surface area contributed by atoms with E-state index in [1.165, 1.54) is 0 Å². The van der Waals surface area contributed by atoms with Crippen molar-refractivity contribution in [3.8, 4) is 0 Å². The molecule has 1 amide bonds. The molecule has 0 radical (unpaired) electrons. The number of carbonyl (C=O) groups is 1. The molecule has 0 spiro atoms. The van der Waals surface area contributed by atoms with Crippen LogP contribution in [0.2, 0.25) is 0 Å². The minimum atomic E-state index is -0.327. The Morgan fingerprint density at radius 2 is 2.11 bits per heavy atom. The van der Waals surface area contributed by atoms with Crippen molar-refractivity contribution in [1.82, 2.24) is 14.9 Å². The summed E-state index contributed by atoms with van der Waals surface area (Å²) >= 11 is 0. The molecule has 1 rings (SSSR count). The molecule has 0 aliphatic rings. The van der Waals surface area contributed by atoms with E-state index >= 15 is 0 Å². The predicted octanol–water partition coefficient (Wildman–Crippen LogP) is 1.61. The van der Waals surface area contributed by atoms with Gasteiger partial charge in [0.15, 0.2) is 0 Å². The molecule has 112 valence electrons. The molecule has 7 heteroatoms. The van der Waals surface area contributed by atoms with E-state index in [0.29, 0.717) is 25.4 Å². The number of hydrogen-bond donors (Lipinski definition) is 2. The van der Waals surface area contributed by atoms with E-state index < -0.39 is 0 Å². The Hall–Kier alpha value is -0.780. The van der Waals surface area contributed by atoms with Crippen LogP contribution in [0.4, 0.5) is 0 Å². The first-order valence-electron chi connectivity index (χ1n) is 5.95. The second kappa shape index (κ2) is 9.18. The fourth-order valence-corrected chi connectivity index (χ4v) is 1.46. The molecule has 0 aromatic carbocycles. The van der Waals surface area contributed by atoms with E-state index in [-0.39, 0.29) is 36.3 Å². The van der Waals surface area contributed by atoms with Gasteiger partial charge in [0.25, 0.3) is 0 Å². The Balaban J connectivity index is 0. The number of amides is 1. The zero-order valence-corrected chi connectivity index (χ0v) is 13.3. The van der Waals surface area contributed by atoms with Crippen molar-refractivity contribution >= 4 is 30.7 Å². The molecule has 0 bridgehead atoms. The molecule has 0 saturated carbocycles. The van der Waals surface area contributed by atoms with Crippen LogP contribution in [-0.2, 0) is 11.3 Å². The van der Waals surface area contributed by atoms with E-state index in [4.69, 9.17) is 5.73 Å². The summed E-state index contributed by atoms with van der Waals surface area (Å²) in [6.45, 7) is 7.19. The monoisotopic (exact) mass is 310 g/mol. The van der Waals surface area contributed by atoms with Gasteiger partial charge >= 0.3 is 0 Å². The molecule has 5 nitrogen and oxygen atoms in total. The highest BCUT2D eigenvalue weighted by molar-refractivity contribution is 5.85. The standard InChI is InChI=1S/C12H22N4O.2ClH/c1-10(2)12(3,8-13)15-11(17)4-6-16-7-5-14-9-16;;/h5,7,9-10H,4,6,8,13H2,1-3H3,(H,15,17);2*1H. The number of nitrogens with zero attached hydrogens (tertiary/aromatic N) is 2. The summed E-state index contributed by atoms with van der Waals surface area (Å²) in [6, 6.07) is 0. The smallest absolute Gasteiger partial charge is 0.222 e. The minimum absolute atomic E-state index is 0. The van der Waals surface area contributed by atoms with E-state index in [0.717, 1.165) is 0 Å². The van der Waals surface area contributed by atoms with Gasteiger partial charge < -0.3 is 15.6 Å². The summed E-state index contributed by atoms with van der Waals surface area (Å²) in [4.78, 5) is 15.7. The first-order valence-corrected chi connectivity index (χ1v) is 5.95. The van der Waals surface area contributed by atoms with Crippen molar-refractivity contribution in [2.24, 2.45) is 11.7 Å². The minimum Gasteiger partial charge on any atom is -0.349 e. The number of aryl methyl sites for hydroxylation is 1. The van der Waals surface area contributed by atoms with Crippen molar-refractivity contribution < 1.29 is 4.79 Å². The maximum atomic E-state index is 11.8. The van der Waals surface area contributed by atoms with Crippen LogP contribution in [0.15, 0.2) is 18.7 Å². The summed E-state index contributed by atoms with van der Waals surface area (Å²) < 4.78 is 1.88. The van der Waals surface area contributed by atoms with E-state index in [1.807, 2.05) is 17.7 Å². The maximum absolute atomic E-state index is 11.8. The van der Waals surface area contributed by atoms with Gasteiger partial charge in [0.2, 0.25) is 5.91 Å². The van der Waals surface area contributed by atoms with Gasteiger partial charge in [-0.25, -0.2) is 4.98 Å². The van der Waals surface area contributed by atoms with Gasteiger partial charge in [0.05, 0.1) is 11.9 Å². The Morgan fingerprint density at radius 1 is 1.47 bits per heavy atom. The molecule has 1 unspecified atom stereocenters. The van der Waals surface area contributed by atoms with Crippen LogP contribution < -0.4 is 11.1 Å². The lowest BCUT2D eigenvalue weighted by Gasteiger charge is -2.33. The van der Waals surface area contributed by atoms with Gasteiger partial charge in [-0.2, -0.15) is 0 Å². The van der Waals surface area contributed by atoms with Crippen LogP contribution in [0, 0.1) is 5.92 Å². The maximum Gasteiger partial charge on any atom is 0.222 e. The molecule has 1 heterocycles. The highest BCUT2D eigenvalue weighted by atomic mass is 35.5. The Morgan fingerprint density at radius 3 is 2.53 bits per heavy atom. The third kappa shape index (κ3) is 6.27. The number of nitrogens with two attached hydrogens (primary N) is 1. The molecular formula is C12H24Cl2N4O. The lowest BCUT2D eigenvalue weighted by molar-refractivity contribution is -0.123. The fraction of sp³-hybridized carbons (Fsp3) is 0.667. The highest BCUT2D eigenvalue weighted by Crippen LogP contribution is 2.14. The number of rotatable bonds is 6. The van der Waals surface area contributed by atoms with Crippen LogP contribution in [0.3, 0.4) is 0 Å². The summed E-state index contributed by atoms with van der Waals surface area (Å²) in [5, 5.41) is 3.01. The molecule has 0 aliphatic heterocycles. The van der Waals surface area contributed by atoms with Crippen LogP contribution in [0.25, 0.3) is 0 Å². The molecule has 19 heavy (non-hydrogen) atoms. The number of aromatic nitrogens is 2. The van der Waals surface area contributed by atoms with E-state index in [9.17, 15) is 4.79 Å². The van der Waals surface area contributed by atoms with Crippen molar-refractivity contribution in [1.29, 1.82) is 0 Å². The van der Waals surface area contributed by atoms with Gasteiger partial charge in [-0.15, -0.1) is 24.8 Å². The van der Waals surface area contributed by atoms with Gasteiger partial charge in [-0.1, -0.05) is 13.8 Å². The van der Waals surface area contributed by atoms with Crippen molar-refractivity contribution in [3.05, 3.63) is 18.7 Å². The first kappa shape index (κ1) is 20.5. The average molecular weight is 311 g/mol. The summed E-state index contributed by atoms with van der Waals surface area (Å²) in [6.07, 6.45) is 5.70. The van der Waals surface area contributed by atoms with Crippen LogP contribution in [0.5, 0.6) is 0 Å². The predicted molar refractivity (Wildman–Crippen MR) is 81.8 cm³/mol. The average Bonchev–Trinajstić information content (AvgIpc) is 2.78. The molecule has 0 fully saturated rings. The Kier molecular flexibility index (Phi) is 9.92. The third-order valence-electron chi connectivity index (χ3n) is 3.28. The normalized spacial score (nSPS) is 13.1. The topological polar surface area (TPSA) is 72.9 Å².